The van der Waals surface area contributed by atoms with Gasteiger partial charge in [0.25, 0.3) is 5.56 Å². The first-order chi connectivity index (χ1) is 12.9. The molecule has 1 aliphatic heterocycles. The number of rotatable bonds is 5. The predicted octanol–water partition coefficient (Wildman–Crippen LogP) is 1.60. The highest BCUT2D eigenvalue weighted by atomic mass is 16.4. The predicted molar refractivity (Wildman–Crippen MR) is 101 cm³/mol. The fourth-order valence-corrected chi connectivity index (χ4v) is 3.63. The summed E-state index contributed by atoms with van der Waals surface area (Å²) >= 11 is 0. The summed E-state index contributed by atoms with van der Waals surface area (Å²) in [6.45, 7) is 5.49. The largest absolute Gasteiger partial charge is 0.465 e. The van der Waals surface area contributed by atoms with Crippen LogP contribution in [0.3, 0.4) is 0 Å². The van der Waals surface area contributed by atoms with E-state index in [0.717, 1.165) is 12.8 Å². The van der Waals surface area contributed by atoms with Crippen molar-refractivity contribution in [3.8, 4) is 11.4 Å². The van der Waals surface area contributed by atoms with Crippen LogP contribution in [0.15, 0.2) is 29.5 Å². The van der Waals surface area contributed by atoms with Gasteiger partial charge in [-0.25, -0.2) is 19.7 Å². The third-order valence-corrected chi connectivity index (χ3v) is 5.13. The van der Waals surface area contributed by atoms with Crippen molar-refractivity contribution in [3.05, 3.63) is 35.0 Å². The highest BCUT2D eigenvalue weighted by Gasteiger charge is 2.41. The molecule has 1 atom stereocenters. The summed E-state index contributed by atoms with van der Waals surface area (Å²) in [4.78, 5) is 40.3. The van der Waals surface area contributed by atoms with Gasteiger partial charge in [-0.1, -0.05) is 0 Å². The molecule has 0 saturated carbocycles. The summed E-state index contributed by atoms with van der Waals surface area (Å²) < 4.78 is 1.48. The summed E-state index contributed by atoms with van der Waals surface area (Å²) in [5, 5.41) is 9.52. The lowest BCUT2D eigenvalue weighted by Gasteiger charge is -2.38. The van der Waals surface area contributed by atoms with Gasteiger partial charge in [0.2, 0.25) is 5.95 Å². The second-order valence-electron chi connectivity index (χ2n) is 6.98. The molecule has 9 heteroatoms. The van der Waals surface area contributed by atoms with Gasteiger partial charge in [0.15, 0.2) is 0 Å². The number of amides is 1. The van der Waals surface area contributed by atoms with Crippen LogP contribution in [0.1, 0.15) is 26.7 Å². The van der Waals surface area contributed by atoms with Gasteiger partial charge in [0, 0.05) is 38.9 Å². The lowest BCUT2D eigenvalue weighted by molar-refractivity contribution is 0.112. The van der Waals surface area contributed by atoms with E-state index in [9.17, 15) is 14.7 Å². The fraction of sp³-hybridized carbons (Fsp3) is 0.500. The van der Waals surface area contributed by atoms with Crippen molar-refractivity contribution in [2.45, 2.75) is 32.2 Å². The van der Waals surface area contributed by atoms with Crippen molar-refractivity contribution in [3.63, 3.8) is 0 Å². The maximum Gasteiger partial charge on any atom is 0.407 e. The molecule has 0 spiro atoms. The minimum Gasteiger partial charge on any atom is -0.465 e. The second-order valence-corrected chi connectivity index (χ2v) is 6.98. The molecule has 1 aliphatic rings. The zero-order valence-electron chi connectivity index (χ0n) is 15.8. The fourth-order valence-electron chi connectivity index (χ4n) is 3.63. The SMILES string of the molecule is CCN(C[C@@]1(C)CCCN1C(=O)O)c1nc(-c2ccncn2)cc(=O)n1C. The van der Waals surface area contributed by atoms with E-state index in [0.29, 0.717) is 37.0 Å². The van der Waals surface area contributed by atoms with Crippen LogP contribution < -0.4 is 10.5 Å². The van der Waals surface area contributed by atoms with E-state index < -0.39 is 11.6 Å². The van der Waals surface area contributed by atoms with E-state index >= 15 is 0 Å². The molecule has 1 saturated heterocycles. The number of hydrogen-bond acceptors (Lipinski definition) is 6. The first kappa shape index (κ1) is 18.8. The van der Waals surface area contributed by atoms with Crippen LogP contribution in [0, 0.1) is 0 Å². The number of carbonyl (C=O) groups is 1. The van der Waals surface area contributed by atoms with E-state index in [2.05, 4.69) is 15.0 Å². The van der Waals surface area contributed by atoms with Crippen LogP contribution in [-0.4, -0.2) is 60.8 Å². The van der Waals surface area contributed by atoms with Crippen molar-refractivity contribution in [1.82, 2.24) is 24.4 Å². The molecule has 2 aromatic heterocycles. The van der Waals surface area contributed by atoms with Gasteiger partial charge in [-0.05, 0) is 32.8 Å². The van der Waals surface area contributed by atoms with E-state index in [-0.39, 0.29) is 5.56 Å². The maximum absolute atomic E-state index is 12.5. The Hall–Kier alpha value is -2.97. The van der Waals surface area contributed by atoms with Gasteiger partial charge in [0.1, 0.15) is 6.33 Å². The lowest BCUT2D eigenvalue weighted by Crippen LogP contribution is -2.53. The Morgan fingerprint density at radius 2 is 2.19 bits per heavy atom. The third kappa shape index (κ3) is 3.62. The van der Waals surface area contributed by atoms with Crippen LogP contribution in [-0.2, 0) is 7.05 Å². The monoisotopic (exact) mass is 372 g/mol. The van der Waals surface area contributed by atoms with Crippen molar-refractivity contribution >= 4 is 12.0 Å². The van der Waals surface area contributed by atoms with Gasteiger partial charge < -0.3 is 14.9 Å². The van der Waals surface area contributed by atoms with Gasteiger partial charge in [-0.15, -0.1) is 0 Å². The molecule has 9 nitrogen and oxygen atoms in total. The molecule has 1 fully saturated rings. The van der Waals surface area contributed by atoms with Crippen molar-refractivity contribution in [2.75, 3.05) is 24.5 Å². The molecule has 27 heavy (non-hydrogen) atoms. The Labute approximate surface area is 157 Å². The number of hydrogen-bond donors (Lipinski definition) is 1. The molecule has 1 N–H and O–H groups in total. The quantitative estimate of drug-likeness (QED) is 0.850. The molecule has 3 rings (SSSR count). The highest BCUT2D eigenvalue weighted by Crippen LogP contribution is 2.31. The normalized spacial score (nSPS) is 19.3. The zero-order valence-corrected chi connectivity index (χ0v) is 15.8. The summed E-state index contributed by atoms with van der Waals surface area (Å²) in [6, 6.07) is 3.15. The van der Waals surface area contributed by atoms with E-state index in [1.807, 2.05) is 18.7 Å². The Kier molecular flexibility index (Phi) is 5.11. The number of likely N-dealkylation sites (tertiary alicyclic amines) is 1. The Balaban J connectivity index is 1.99. The van der Waals surface area contributed by atoms with E-state index in [1.54, 1.807) is 19.3 Å². The second kappa shape index (κ2) is 7.34. The first-order valence-corrected chi connectivity index (χ1v) is 8.95. The standard InChI is InChI=1S/C18H24N6O3/c1-4-23(11-18(2)7-5-9-24(18)17(26)27)16-21-14(10-15(25)22(16)3)13-6-8-19-12-20-13/h6,8,10,12H,4-5,7,9,11H2,1-3H3,(H,26,27)/t18-/m1/s1. The number of aromatic nitrogens is 4. The van der Waals surface area contributed by atoms with Crippen molar-refractivity contribution in [1.29, 1.82) is 0 Å². The molecule has 0 bridgehead atoms. The molecule has 3 heterocycles. The topological polar surface area (TPSA) is 104 Å². The minimum absolute atomic E-state index is 0.196. The van der Waals surface area contributed by atoms with Gasteiger partial charge >= 0.3 is 6.09 Å². The van der Waals surface area contributed by atoms with Crippen LogP contribution in [0.2, 0.25) is 0 Å². The van der Waals surface area contributed by atoms with Crippen molar-refractivity contribution < 1.29 is 9.90 Å². The molecule has 0 aliphatic carbocycles. The number of carboxylic acid groups (broad SMARTS) is 1. The average Bonchev–Trinajstić information content (AvgIpc) is 3.04. The summed E-state index contributed by atoms with van der Waals surface area (Å²) in [5.41, 5.74) is 0.323. The highest BCUT2D eigenvalue weighted by molar-refractivity contribution is 5.67. The van der Waals surface area contributed by atoms with E-state index in [4.69, 9.17) is 0 Å². The van der Waals surface area contributed by atoms with Crippen LogP contribution >= 0.6 is 0 Å². The molecular formula is C18H24N6O3. The smallest absolute Gasteiger partial charge is 0.407 e. The Morgan fingerprint density at radius 3 is 2.81 bits per heavy atom. The molecule has 2 aromatic rings. The maximum atomic E-state index is 12.5. The minimum atomic E-state index is -0.914. The van der Waals surface area contributed by atoms with Crippen LogP contribution in [0.4, 0.5) is 10.7 Å². The Bertz CT molecular complexity index is 884. The zero-order chi connectivity index (χ0) is 19.6. The third-order valence-electron chi connectivity index (χ3n) is 5.13. The Morgan fingerprint density at radius 1 is 1.41 bits per heavy atom. The molecule has 0 unspecified atom stereocenters. The summed E-state index contributed by atoms with van der Waals surface area (Å²) in [6.07, 6.45) is 3.70. The summed E-state index contributed by atoms with van der Waals surface area (Å²) in [5.74, 6) is 0.497. The van der Waals surface area contributed by atoms with Crippen LogP contribution in [0.25, 0.3) is 11.4 Å². The van der Waals surface area contributed by atoms with Gasteiger partial charge in [-0.2, -0.15) is 0 Å². The number of likely N-dealkylation sites (N-methyl/N-ethyl adjacent to an activating group) is 1. The van der Waals surface area contributed by atoms with Gasteiger partial charge in [0.05, 0.1) is 16.9 Å². The average molecular weight is 372 g/mol. The molecule has 1 amide bonds. The lowest BCUT2D eigenvalue weighted by atomic mass is 9.98. The first-order valence-electron chi connectivity index (χ1n) is 8.95. The number of anilines is 1. The molecule has 0 aromatic carbocycles. The van der Waals surface area contributed by atoms with Crippen molar-refractivity contribution in [2.24, 2.45) is 7.05 Å². The summed E-state index contributed by atoms with van der Waals surface area (Å²) in [7, 11) is 1.67. The van der Waals surface area contributed by atoms with Crippen LogP contribution in [0.5, 0.6) is 0 Å². The van der Waals surface area contributed by atoms with E-state index in [1.165, 1.54) is 21.9 Å². The molecular weight excluding hydrogens is 348 g/mol. The number of nitrogens with zero attached hydrogens (tertiary/aromatic N) is 6. The van der Waals surface area contributed by atoms with Gasteiger partial charge in [-0.3, -0.25) is 9.36 Å². The molecule has 0 radical (unpaired) electrons. The molecule has 144 valence electrons.